The molecule has 1 heterocycles. The molecule has 1 aromatic heterocycles. The second-order valence-corrected chi connectivity index (χ2v) is 1.95. The molecule has 0 saturated carbocycles. The summed E-state index contributed by atoms with van der Waals surface area (Å²) in [4.78, 5) is 0. The quantitative estimate of drug-likeness (QED) is 0.642. The average molecular weight is 144 g/mol. The second kappa shape index (κ2) is 2.64. The number of nitrogens with zero attached hydrogens (tertiary/aromatic N) is 2. The first kappa shape index (κ1) is 6.29. The molecule has 0 fully saturated rings. The lowest BCUT2D eigenvalue weighted by molar-refractivity contribution is 1.03. The predicted molar refractivity (Wildman–Crippen MR) is 36.6 cm³/mol. The van der Waals surface area contributed by atoms with Gasteiger partial charge in [0.05, 0.1) is 11.2 Å². The van der Waals surface area contributed by atoms with E-state index in [1.807, 2.05) is 0 Å². The maximum Gasteiger partial charge on any atom is 0.149 e. The van der Waals surface area contributed by atoms with Crippen LogP contribution in [-0.2, 0) is 0 Å². The summed E-state index contributed by atoms with van der Waals surface area (Å²) in [5, 5.41) is 10.7. The van der Waals surface area contributed by atoms with Gasteiger partial charge in [0, 0.05) is 13.1 Å². The summed E-state index contributed by atoms with van der Waals surface area (Å²) in [6.07, 6.45) is 1.49. The summed E-state index contributed by atoms with van der Waals surface area (Å²) in [5.41, 5.74) is 0. The summed E-state index contributed by atoms with van der Waals surface area (Å²) in [7, 11) is 1.76. The Morgan fingerprint density at radius 1 is 1.67 bits per heavy atom. The third kappa shape index (κ3) is 1.54. The molecule has 0 aliphatic heterocycles. The van der Waals surface area contributed by atoms with Crippen LogP contribution in [0.5, 0.6) is 0 Å². The van der Waals surface area contributed by atoms with Crippen LogP contribution in [0, 0.1) is 0 Å². The van der Waals surface area contributed by atoms with Crippen molar-refractivity contribution in [1.82, 2.24) is 10.2 Å². The maximum atomic E-state index is 5.58. The van der Waals surface area contributed by atoms with Gasteiger partial charge in [0.15, 0.2) is 0 Å². The molecule has 9 heavy (non-hydrogen) atoms. The molecule has 0 aliphatic carbocycles. The molecule has 0 radical (unpaired) electrons. The molecule has 1 rings (SSSR count). The minimum Gasteiger partial charge on any atom is -0.372 e. The Labute approximate surface area is 58.1 Å². The number of halogens is 1. The summed E-state index contributed by atoms with van der Waals surface area (Å²) < 4.78 is 0. The first-order valence-electron chi connectivity index (χ1n) is 2.49. The van der Waals surface area contributed by atoms with E-state index in [-0.39, 0.29) is 0 Å². The standard InChI is InChI=1S/C5H6ClN3/c1-7-5-2-4(6)3-8-9-5/h2-3H,1H3,(H,7,9). The normalized spacial score (nSPS) is 9.11. The van der Waals surface area contributed by atoms with Crippen LogP contribution in [0.25, 0.3) is 0 Å². The van der Waals surface area contributed by atoms with Gasteiger partial charge < -0.3 is 5.32 Å². The summed E-state index contributed by atoms with van der Waals surface area (Å²) in [6, 6.07) is 1.70. The largest absolute Gasteiger partial charge is 0.372 e. The van der Waals surface area contributed by atoms with Crippen LogP contribution in [0.2, 0.25) is 5.02 Å². The third-order valence-electron chi connectivity index (χ3n) is 0.877. The highest BCUT2D eigenvalue weighted by molar-refractivity contribution is 6.30. The van der Waals surface area contributed by atoms with Crippen LogP contribution in [0.3, 0.4) is 0 Å². The van der Waals surface area contributed by atoms with Gasteiger partial charge in [-0.3, -0.25) is 0 Å². The number of hydrogen-bond donors (Lipinski definition) is 1. The lowest BCUT2D eigenvalue weighted by Gasteiger charge is -1.94. The molecule has 0 aromatic carbocycles. The van der Waals surface area contributed by atoms with Crippen molar-refractivity contribution in [3.63, 3.8) is 0 Å². The predicted octanol–water partition coefficient (Wildman–Crippen LogP) is 1.17. The van der Waals surface area contributed by atoms with E-state index in [0.717, 1.165) is 0 Å². The lowest BCUT2D eigenvalue weighted by atomic mass is 10.5. The zero-order valence-corrected chi connectivity index (χ0v) is 5.68. The molecule has 4 heteroatoms. The van der Waals surface area contributed by atoms with Crippen LogP contribution in [0.15, 0.2) is 12.3 Å². The van der Waals surface area contributed by atoms with Crippen molar-refractivity contribution in [2.24, 2.45) is 0 Å². The Bertz CT molecular complexity index is 201. The number of hydrogen-bond acceptors (Lipinski definition) is 3. The van der Waals surface area contributed by atoms with Gasteiger partial charge in [-0.25, -0.2) is 0 Å². The van der Waals surface area contributed by atoms with Gasteiger partial charge in [0.1, 0.15) is 5.82 Å². The summed E-state index contributed by atoms with van der Waals surface area (Å²) in [6.45, 7) is 0. The Morgan fingerprint density at radius 2 is 2.44 bits per heavy atom. The Balaban J connectivity index is 2.94. The van der Waals surface area contributed by atoms with Gasteiger partial charge in [0.25, 0.3) is 0 Å². The molecule has 1 aromatic rings. The molecular formula is C5H6ClN3. The minimum absolute atomic E-state index is 0.592. The fourth-order valence-electron chi connectivity index (χ4n) is 0.465. The Kier molecular flexibility index (Phi) is 1.85. The highest BCUT2D eigenvalue weighted by atomic mass is 35.5. The molecule has 0 unspecified atom stereocenters. The first-order valence-corrected chi connectivity index (χ1v) is 2.86. The Morgan fingerprint density at radius 3 is 2.89 bits per heavy atom. The lowest BCUT2D eigenvalue weighted by Crippen LogP contribution is -1.92. The van der Waals surface area contributed by atoms with E-state index in [4.69, 9.17) is 11.6 Å². The van der Waals surface area contributed by atoms with Crippen molar-refractivity contribution in [2.75, 3.05) is 12.4 Å². The molecule has 48 valence electrons. The zero-order chi connectivity index (χ0) is 6.69. The van der Waals surface area contributed by atoms with Gasteiger partial charge in [-0.2, -0.15) is 5.10 Å². The molecular weight excluding hydrogens is 138 g/mol. The van der Waals surface area contributed by atoms with Crippen LogP contribution in [-0.4, -0.2) is 17.2 Å². The van der Waals surface area contributed by atoms with Gasteiger partial charge in [-0.1, -0.05) is 11.6 Å². The summed E-state index contributed by atoms with van der Waals surface area (Å²) >= 11 is 5.58. The van der Waals surface area contributed by atoms with Gasteiger partial charge >= 0.3 is 0 Å². The molecule has 0 spiro atoms. The summed E-state index contributed by atoms with van der Waals surface area (Å²) in [5.74, 6) is 0.683. The molecule has 0 atom stereocenters. The van der Waals surface area contributed by atoms with E-state index in [2.05, 4.69) is 15.5 Å². The van der Waals surface area contributed by atoms with Crippen molar-refractivity contribution in [2.45, 2.75) is 0 Å². The Hall–Kier alpha value is -0.830. The van der Waals surface area contributed by atoms with Gasteiger partial charge in [0.2, 0.25) is 0 Å². The van der Waals surface area contributed by atoms with Crippen molar-refractivity contribution in [1.29, 1.82) is 0 Å². The second-order valence-electron chi connectivity index (χ2n) is 1.51. The topological polar surface area (TPSA) is 37.8 Å². The molecule has 0 saturated heterocycles. The van der Waals surface area contributed by atoms with E-state index in [9.17, 15) is 0 Å². The van der Waals surface area contributed by atoms with Crippen molar-refractivity contribution < 1.29 is 0 Å². The maximum absolute atomic E-state index is 5.58. The van der Waals surface area contributed by atoms with E-state index < -0.39 is 0 Å². The molecule has 3 nitrogen and oxygen atoms in total. The van der Waals surface area contributed by atoms with Crippen LogP contribution < -0.4 is 5.32 Å². The van der Waals surface area contributed by atoms with Gasteiger partial charge in [-0.15, -0.1) is 5.10 Å². The SMILES string of the molecule is CNc1cc(Cl)cnn1. The van der Waals surface area contributed by atoms with Crippen molar-refractivity contribution in [3.8, 4) is 0 Å². The highest BCUT2D eigenvalue weighted by Crippen LogP contribution is 2.08. The third-order valence-corrected chi connectivity index (χ3v) is 1.08. The number of anilines is 1. The van der Waals surface area contributed by atoms with Crippen LogP contribution in [0.1, 0.15) is 0 Å². The molecule has 0 amide bonds. The molecule has 0 aliphatic rings. The molecule has 1 N–H and O–H groups in total. The van der Waals surface area contributed by atoms with E-state index >= 15 is 0 Å². The number of rotatable bonds is 1. The highest BCUT2D eigenvalue weighted by Gasteiger charge is 1.89. The zero-order valence-electron chi connectivity index (χ0n) is 4.93. The van der Waals surface area contributed by atoms with Crippen LogP contribution in [0.4, 0.5) is 5.82 Å². The minimum atomic E-state index is 0.592. The number of aromatic nitrogens is 2. The average Bonchev–Trinajstić information content (AvgIpc) is 1.88. The van der Waals surface area contributed by atoms with E-state index in [1.54, 1.807) is 13.1 Å². The molecule has 0 bridgehead atoms. The van der Waals surface area contributed by atoms with Gasteiger partial charge in [-0.05, 0) is 0 Å². The number of nitrogens with one attached hydrogen (secondary N) is 1. The fraction of sp³-hybridized carbons (Fsp3) is 0.200. The fourth-order valence-corrected chi connectivity index (χ4v) is 0.612. The van der Waals surface area contributed by atoms with Crippen LogP contribution >= 0.6 is 11.6 Å². The van der Waals surface area contributed by atoms with E-state index in [1.165, 1.54) is 6.20 Å². The smallest absolute Gasteiger partial charge is 0.149 e. The van der Waals surface area contributed by atoms with E-state index in [0.29, 0.717) is 10.8 Å². The first-order chi connectivity index (χ1) is 4.33. The van der Waals surface area contributed by atoms with Crippen molar-refractivity contribution >= 4 is 17.4 Å². The monoisotopic (exact) mass is 143 g/mol. The van der Waals surface area contributed by atoms with Crippen molar-refractivity contribution in [3.05, 3.63) is 17.3 Å².